The normalized spacial score (nSPS) is 12.1. The topological polar surface area (TPSA) is 80.9 Å². The van der Waals surface area contributed by atoms with Crippen LogP contribution in [-0.4, -0.2) is 20.5 Å². The Bertz CT molecular complexity index is 571. The van der Waals surface area contributed by atoms with E-state index in [4.69, 9.17) is 5.73 Å². The summed E-state index contributed by atoms with van der Waals surface area (Å²) >= 11 is 2.68. The number of carbonyl (C=O) groups excluding carboxylic acids is 1. The van der Waals surface area contributed by atoms with E-state index in [0.29, 0.717) is 5.69 Å². The molecule has 0 aliphatic carbocycles. The molecule has 100 valence electrons. The molecule has 0 aliphatic rings. The lowest BCUT2D eigenvalue weighted by Gasteiger charge is -2.12. The maximum atomic E-state index is 12.1. The van der Waals surface area contributed by atoms with E-state index in [1.807, 2.05) is 26.0 Å². The highest BCUT2D eigenvalue weighted by atomic mass is 32.2. The summed E-state index contributed by atoms with van der Waals surface area (Å²) in [5.41, 5.74) is 8.09. The quantitative estimate of drug-likeness (QED) is 0.669. The molecule has 1 unspecified atom stereocenters. The standard InChI is InChI=1S/C12H14N4OS2/c1-7-5-9(13)3-4-10(7)16-11(17)8(2)18-12-14-6-15-19-12/h3-6,8H,13H2,1-2H3,(H,16,17). The number of aryl methyl sites for hydroxylation is 1. The molecule has 0 saturated heterocycles. The Morgan fingerprint density at radius 3 is 2.95 bits per heavy atom. The number of anilines is 2. The van der Waals surface area contributed by atoms with E-state index in [1.54, 1.807) is 6.07 Å². The van der Waals surface area contributed by atoms with Gasteiger partial charge in [-0.15, -0.1) is 0 Å². The number of aromatic nitrogens is 2. The van der Waals surface area contributed by atoms with E-state index in [2.05, 4.69) is 14.7 Å². The summed E-state index contributed by atoms with van der Waals surface area (Å²) in [6.45, 7) is 3.75. The first-order valence-corrected chi connectivity index (χ1v) is 7.32. The second kappa shape index (κ2) is 6.03. The molecule has 2 aromatic rings. The van der Waals surface area contributed by atoms with Gasteiger partial charge in [0.2, 0.25) is 5.91 Å². The Hall–Kier alpha value is -1.60. The predicted molar refractivity (Wildman–Crippen MR) is 79.4 cm³/mol. The van der Waals surface area contributed by atoms with Gasteiger partial charge in [-0.05, 0) is 49.1 Å². The van der Waals surface area contributed by atoms with Crippen molar-refractivity contribution in [2.75, 3.05) is 11.1 Å². The van der Waals surface area contributed by atoms with Crippen LogP contribution >= 0.6 is 23.3 Å². The lowest BCUT2D eigenvalue weighted by Crippen LogP contribution is -2.22. The van der Waals surface area contributed by atoms with Crippen LogP contribution in [0.4, 0.5) is 11.4 Å². The van der Waals surface area contributed by atoms with Crippen LogP contribution in [0.25, 0.3) is 0 Å². The molecule has 0 bridgehead atoms. The number of benzene rings is 1. The molecule has 5 nitrogen and oxygen atoms in total. The number of nitrogens with two attached hydrogens (primary N) is 1. The van der Waals surface area contributed by atoms with Crippen molar-refractivity contribution in [1.29, 1.82) is 0 Å². The van der Waals surface area contributed by atoms with E-state index in [1.165, 1.54) is 29.6 Å². The van der Waals surface area contributed by atoms with Gasteiger partial charge in [-0.1, -0.05) is 11.8 Å². The number of thioether (sulfide) groups is 1. The average molecular weight is 294 g/mol. The fourth-order valence-corrected chi connectivity index (χ4v) is 3.07. The summed E-state index contributed by atoms with van der Waals surface area (Å²) in [6, 6.07) is 5.41. The number of nitrogens with zero attached hydrogens (tertiary/aromatic N) is 2. The third kappa shape index (κ3) is 3.68. The number of amides is 1. The maximum Gasteiger partial charge on any atom is 0.237 e. The zero-order chi connectivity index (χ0) is 13.8. The highest BCUT2D eigenvalue weighted by Crippen LogP contribution is 2.25. The molecule has 1 atom stereocenters. The number of hydrogen-bond acceptors (Lipinski definition) is 6. The van der Waals surface area contributed by atoms with Crippen LogP contribution in [-0.2, 0) is 4.79 Å². The molecule has 1 aromatic carbocycles. The van der Waals surface area contributed by atoms with Crippen molar-refractivity contribution in [3.05, 3.63) is 30.1 Å². The van der Waals surface area contributed by atoms with Crippen molar-refractivity contribution in [2.24, 2.45) is 0 Å². The third-order valence-electron chi connectivity index (χ3n) is 2.50. The first kappa shape index (κ1) is 13.8. The van der Waals surface area contributed by atoms with Gasteiger partial charge >= 0.3 is 0 Å². The Balaban J connectivity index is 2.00. The summed E-state index contributed by atoms with van der Waals surface area (Å²) in [6.07, 6.45) is 1.49. The van der Waals surface area contributed by atoms with E-state index in [0.717, 1.165) is 15.6 Å². The van der Waals surface area contributed by atoms with Gasteiger partial charge in [0.1, 0.15) is 6.33 Å². The molecule has 0 spiro atoms. The SMILES string of the molecule is Cc1cc(N)ccc1NC(=O)C(C)Sc1ncns1. The second-order valence-corrected chi connectivity index (χ2v) is 6.40. The Morgan fingerprint density at radius 2 is 2.32 bits per heavy atom. The second-order valence-electron chi connectivity index (χ2n) is 4.03. The molecule has 0 radical (unpaired) electrons. The van der Waals surface area contributed by atoms with Crippen molar-refractivity contribution in [1.82, 2.24) is 9.36 Å². The predicted octanol–water partition coefficient (Wildman–Crippen LogP) is 2.55. The van der Waals surface area contributed by atoms with Gasteiger partial charge in [0.05, 0.1) is 5.25 Å². The average Bonchev–Trinajstić information content (AvgIpc) is 2.85. The smallest absolute Gasteiger partial charge is 0.237 e. The van der Waals surface area contributed by atoms with Gasteiger partial charge in [0.15, 0.2) is 4.34 Å². The van der Waals surface area contributed by atoms with E-state index < -0.39 is 0 Å². The summed E-state index contributed by atoms with van der Waals surface area (Å²) in [5.74, 6) is -0.0620. The van der Waals surface area contributed by atoms with Crippen molar-refractivity contribution >= 4 is 40.6 Å². The first-order chi connectivity index (χ1) is 9.06. The lowest BCUT2D eigenvalue weighted by molar-refractivity contribution is -0.115. The van der Waals surface area contributed by atoms with Gasteiger partial charge in [-0.2, -0.15) is 4.37 Å². The minimum Gasteiger partial charge on any atom is -0.399 e. The summed E-state index contributed by atoms with van der Waals surface area (Å²) < 4.78 is 4.70. The van der Waals surface area contributed by atoms with Crippen LogP contribution in [0.2, 0.25) is 0 Å². The molecule has 19 heavy (non-hydrogen) atoms. The van der Waals surface area contributed by atoms with Gasteiger partial charge in [0, 0.05) is 11.4 Å². The van der Waals surface area contributed by atoms with Gasteiger partial charge in [0.25, 0.3) is 0 Å². The van der Waals surface area contributed by atoms with Crippen LogP contribution in [0.5, 0.6) is 0 Å². The molecule has 1 aromatic heterocycles. The summed E-state index contributed by atoms with van der Waals surface area (Å²) in [7, 11) is 0. The Kier molecular flexibility index (Phi) is 4.39. The molecule has 7 heteroatoms. The fourth-order valence-electron chi connectivity index (χ4n) is 1.48. The fraction of sp³-hybridized carbons (Fsp3) is 0.250. The third-order valence-corrected chi connectivity index (χ3v) is 4.34. The maximum absolute atomic E-state index is 12.1. The van der Waals surface area contributed by atoms with Crippen LogP contribution in [0, 0.1) is 6.92 Å². The largest absolute Gasteiger partial charge is 0.399 e. The van der Waals surface area contributed by atoms with Gasteiger partial charge in [-0.3, -0.25) is 4.79 Å². The van der Waals surface area contributed by atoms with Crippen molar-refractivity contribution < 1.29 is 4.79 Å². The molecule has 0 aliphatic heterocycles. The van der Waals surface area contributed by atoms with Crippen molar-refractivity contribution in [3.8, 4) is 0 Å². The van der Waals surface area contributed by atoms with E-state index >= 15 is 0 Å². The van der Waals surface area contributed by atoms with Gasteiger partial charge < -0.3 is 11.1 Å². The number of hydrogen-bond donors (Lipinski definition) is 2. The molecule has 3 N–H and O–H groups in total. The highest BCUT2D eigenvalue weighted by Gasteiger charge is 2.16. The molecular weight excluding hydrogens is 280 g/mol. The molecule has 0 saturated carbocycles. The van der Waals surface area contributed by atoms with E-state index in [-0.39, 0.29) is 11.2 Å². The molecule has 1 heterocycles. The van der Waals surface area contributed by atoms with Gasteiger partial charge in [-0.25, -0.2) is 4.98 Å². The molecule has 0 fully saturated rings. The lowest BCUT2D eigenvalue weighted by atomic mass is 10.2. The van der Waals surface area contributed by atoms with Crippen LogP contribution < -0.4 is 11.1 Å². The van der Waals surface area contributed by atoms with Crippen molar-refractivity contribution in [2.45, 2.75) is 23.4 Å². The minimum absolute atomic E-state index is 0.0620. The minimum atomic E-state index is -0.232. The molecular formula is C12H14N4OS2. The zero-order valence-corrected chi connectivity index (χ0v) is 12.2. The number of nitrogens with one attached hydrogen (secondary N) is 1. The van der Waals surface area contributed by atoms with Crippen LogP contribution in [0.1, 0.15) is 12.5 Å². The molecule has 2 rings (SSSR count). The van der Waals surface area contributed by atoms with Crippen LogP contribution in [0.15, 0.2) is 28.9 Å². The zero-order valence-electron chi connectivity index (χ0n) is 10.6. The first-order valence-electron chi connectivity index (χ1n) is 5.66. The summed E-state index contributed by atoms with van der Waals surface area (Å²) in [4.78, 5) is 16.1. The van der Waals surface area contributed by atoms with Crippen LogP contribution in [0.3, 0.4) is 0 Å². The highest BCUT2D eigenvalue weighted by molar-refractivity contribution is 8.02. The monoisotopic (exact) mass is 294 g/mol. The Morgan fingerprint density at radius 1 is 1.53 bits per heavy atom. The number of nitrogen functional groups attached to an aromatic ring is 1. The summed E-state index contributed by atoms with van der Waals surface area (Å²) in [5, 5.41) is 2.66. The van der Waals surface area contributed by atoms with Crippen molar-refractivity contribution in [3.63, 3.8) is 0 Å². The number of carbonyl (C=O) groups is 1. The molecule has 1 amide bonds. The number of rotatable bonds is 4. The van der Waals surface area contributed by atoms with E-state index in [9.17, 15) is 4.79 Å². The Labute approximate surface area is 119 Å².